The first-order valence-electron chi connectivity index (χ1n) is 9.46. The van der Waals surface area contributed by atoms with Crippen LogP contribution < -0.4 is 14.7 Å². The SMILES string of the molecule is Cc1ccc(/C=C2/N=C(SC/C([O-])=N/c3c[n+](C)no3)N(c3ccccc3)C2=O)cc1. The molecule has 1 amide bonds. The van der Waals surface area contributed by atoms with Gasteiger partial charge in [-0.15, -0.1) is 0 Å². The van der Waals surface area contributed by atoms with E-state index in [1.54, 1.807) is 13.1 Å². The summed E-state index contributed by atoms with van der Waals surface area (Å²) in [6, 6.07) is 17.0. The van der Waals surface area contributed by atoms with Gasteiger partial charge in [0.2, 0.25) is 0 Å². The highest BCUT2D eigenvalue weighted by atomic mass is 32.2. The molecule has 0 spiro atoms. The van der Waals surface area contributed by atoms with Crippen LogP contribution in [0.3, 0.4) is 0 Å². The molecule has 0 saturated carbocycles. The summed E-state index contributed by atoms with van der Waals surface area (Å²) in [5.41, 5.74) is 2.99. The molecule has 9 heteroatoms. The number of carbonyl (C=O) groups excluding carboxylic acids is 1. The quantitative estimate of drug-likeness (QED) is 0.266. The lowest BCUT2D eigenvalue weighted by molar-refractivity contribution is -0.739. The molecule has 156 valence electrons. The molecule has 0 saturated heterocycles. The van der Waals surface area contributed by atoms with E-state index in [1.165, 1.54) is 15.8 Å². The summed E-state index contributed by atoms with van der Waals surface area (Å²) in [6.07, 6.45) is 3.24. The molecule has 0 N–H and O–H groups in total. The Bertz CT molecular complexity index is 1180. The summed E-state index contributed by atoms with van der Waals surface area (Å²) in [7, 11) is 1.67. The van der Waals surface area contributed by atoms with Crippen LogP contribution in [-0.4, -0.2) is 28.0 Å². The van der Waals surface area contributed by atoms with Gasteiger partial charge in [0, 0.05) is 5.75 Å². The minimum absolute atomic E-state index is 0.00231. The van der Waals surface area contributed by atoms with E-state index in [1.807, 2.05) is 61.5 Å². The molecule has 2 heterocycles. The van der Waals surface area contributed by atoms with Crippen LogP contribution in [0.15, 0.2) is 81.0 Å². The van der Waals surface area contributed by atoms with Crippen molar-refractivity contribution < 1.29 is 19.1 Å². The van der Waals surface area contributed by atoms with Crippen molar-refractivity contribution in [2.75, 3.05) is 10.7 Å². The predicted octanol–water partition coefficient (Wildman–Crippen LogP) is 2.37. The van der Waals surface area contributed by atoms with Crippen LogP contribution in [-0.2, 0) is 11.8 Å². The number of benzene rings is 2. The third-order valence-electron chi connectivity index (χ3n) is 4.34. The largest absolute Gasteiger partial charge is 0.861 e. The van der Waals surface area contributed by atoms with Crippen molar-refractivity contribution in [3.63, 3.8) is 0 Å². The molecule has 0 aliphatic carbocycles. The lowest BCUT2D eigenvalue weighted by Crippen LogP contribution is -2.31. The second-order valence-corrected chi connectivity index (χ2v) is 7.76. The van der Waals surface area contributed by atoms with Crippen molar-refractivity contribution in [2.24, 2.45) is 17.0 Å². The van der Waals surface area contributed by atoms with Crippen LogP contribution in [0.5, 0.6) is 0 Å². The number of aromatic nitrogens is 2. The average Bonchev–Trinajstić information content (AvgIpc) is 3.31. The van der Waals surface area contributed by atoms with E-state index in [4.69, 9.17) is 4.52 Å². The third-order valence-corrected chi connectivity index (χ3v) is 5.27. The minimum Gasteiger partial charge on any atom is -0.861 e. The number of rotatable bonds is 5. The minimum atomic E-state index is -0.416. The molecule has 0 atom stereocenters. The van der Waals surface area contributed by atoms with E-state index >= 15 is 0 Å². The molecular weight excluding hydrogens is 414 g/mol. The molecule has 1 aromatic heterocycles. The molecule has 0 bridgehead atoms. The zero-order valence-electron chi connectivity index (χ0n) is 16.9. The average molecular weight is 433 g/mol. The molecule has 0 unspecified atom stereocenters. The van der Waals surface area contributed by atoms with Gasteiger partial charge in [-0.05, 0) is 36.6 Å². The zero-order valence-corrected chi connectivity index (χ0v) is 17.7. The molecule has 4 rings (SSSR count). The summed E-state index contributed by atoms with van der Waals surface area (Å²) in [6.45, 7) is 2.00. The van der Waals surface area contributed by atoms with E-state index < -0.39 is 5.90 Å². The second-order valence-electron chi connectivity index (χ2n) is 6.82. The summed E-state index contributed by atoms with van der Waals surface area (Å²) < 4.78 is 6.33. The first-order valence-corrected chi connectivity index (χ1v) is 10.4. The number of para-hydroxylation sites is 1. The Kier molecular flexibility index (Phi) is 5.94. The van der Waals surface area contributed by atoms with E-state index in [0.717, 1.165) is 22.9 Å². The highest BCUT2D eigenvalue weighted by Gasteiger charge is 2.31. The van der Waals surface area contributed by atoms with Gasteiger partial charge < -0.3 is 5.11 Å². The smallest absolute Gasteiger partial charge is 0.320 e. The van der Waals surface area contributed by atoms with Crippen LogP contribution in [0.1, 0.15) is 11.1 Å². The van der Waals surface area contributed by atoms with Gasteiger partial charge in [-0.2, -0.15) is 0 Å². The Morgan fingerprint density at radius 2 is 1.97 bits per heavy atom. The molecular formula is C22H19N5O3S. The maximum atomic E-state index is 13.1. The number of amidine groups is 1. The number of aryl methyl sites for hydroxylation is 2. The van der Waals surface area contributed by atoms with E-state index in [-0.39, 0.29) is 17.5 Å². The number of hydrogen-bond donors (Lipinski definition) is 0. The summed E-state index contributed by atoms with van der Waals surface area (Å²) >= 11 is 1.14. The van der Waals surface area contributed by atoms with Crippen LogP contribution in [0.2, 0.25) is 0 Å². The van der Waals surface area contributed by atoms with Crippen molar-refractivity contribution >= 4 is 46.4 Å². The van der Waals surface area contributed by atoms with Crippen LogP contribution >= 0.6 is 11.8 Å². The topological polar surface area (TPSA) is 98.0 Å². The summed E-state index contributed by atoms with van der Waals surface area (Å²) in [4.78, 5) is 23.0. The fourth-order valence-electron chi connectivity index (χ4n) is 2.86. The van der Waals surface area contributed by atoms with Gasteiger partial charge >= 0.3 is 5.88 Å². The molecule has 31 heavy (non-hydrogen) atoms. The highest BCUT2D eigenvalue weighted by molar-refractivity contribution is 8.14. The van der Waals surface area contributed by atoms with Gasteiger partial charge in [-0.3, -0.25) is 14.2 Å². The first-order chi connectivity index (χ1) is 15.0. The molecule has 0 fully saturated rings. The normalized spacial score (nSPS) is 15.6. The van der Waals surface area contributed by atoms with Gasteiger partial charge in [0.05, 0.1) is 5.69 Å². The number of anilines is 1. The fourth-order valence-corrected chi connectivity index (χ4v) is 3.66. The monoisotopic (exact) mass is 433 g/mol. The number of thioether (sulfide) groups is 1. The predicted molar refractivity (Wildman–Crippen MR) is 118 cm³/mol. The van der Waals surface area contributed by atoms with Crippen LogP contribution in [0.25, 0.3) is 6.08 Å². The zero-order chi connectivity index (χ0) is 21.8. The van der Waals surface area contributed by atoms with E-state index in [0.29, 0.717) is 16.6 Å². The van der Waals surface area contributed by atoms with Gasteiger partial charge in [-0.25, -0.2) is 9.98 Å². The molecule has 2 aromatic carbocycles. The van der Waals surface area contributed by atoms with E-state index in [2.05, 4.69) is 15.3 Å². The van der Waals surface area contributed by atoms with E-state index in [9.17, 15) is 9.90 Å². The number of carbonyl (C=O) groups is 1. The van der Waals surface area contributed by atoms with Crippen molar-refractivity contribution in [1.82, 2.24) is 5.27 Å². The van der Waals surface area contributed by atoms with Crippen molar-refractivity contribution in [3.05, 3.63) is 77.6 Å². The Balaban J connectivity index is 1.60. The number of aliphatic imine (C=N–C) groups is 2. The molecule has 1 aliphatic heterocycles. The molecule has 0 radical (unpaired) electrons. The number of amides is 1. The molecule has 8 nitrogen and oxygen atoms in total. The van der Waals surface area contributed by atoms with Gasteiger partial charge in [0.1, 0.15) is 5.70 Å². The second kappa shape index (κ2) is 8.97. The summed E-state index contributed by atoms with van der Waals surface area (Å²) in [5, 5.41) is 16.3. The Labute approximate surface area is 183 Å². The van der Waals surface area contributed by atoms with Gasteiger partial charge in [0.25, 0.3) is 12.1 Å². The van der Waals surface area contributed by atoms with Gasteiger partial charge in [0.15, 0.2) is 17.5 Å². The molecule has 3 aromatic rings. The Morgan fingerprint density at radius 3 is 2.65 bits per heavy atom. The lowest BCUT2D eigenvalue weighted by atomic mass is 10.1. The van der Waals surface area contributed by atoms with Crippen molar-refractivity contribution in [3.8, 4) is 0 Å². The standard InChI is InChI=1S/C22H19N5O3S/c1-15-8-10-16(11-9-15)12-18-21(29)27(17-6-4-3-5-7-17)22(23-18)31-14-19(28)24-20-13-26(2)25-30-20/h3-13H,14H2,1-2H3/b18-12+. The van der Waals surface area contributed by atoms with Crippen molar-refractivity contribution in [1.29, 1.82) is 0 Å². The highest BCUT2D eigenvalue weighted by Crippen LogP contribution is 2.29. The number of nitrogens with zero attached hydrogens (tertiary/aromatic N) is 5. The Hall–Kier alpha value is -3.72. The summed E-state index contributed by atoms with van der Waals surface area (Å²) in [5.74, 6) is -0.545. The fraction of sp³-hybridized carbons (Fsp3) is 0.136. The Morgan fingerprint density at radius 1 is 1.23 bits per heavy atom. The molecule has 1 aliphatic rings. The first kappa shape index (κ1) is 20.5. The van der Waals surface area contributed by atoms with Gasteiger partial charge in [-0.1, -0.05) is 64.5 Å². The van der Waals surface area contributed by atoms with Crippen LogP contribution in [0, 0.1) is 6.92 Å². The maximum absolute atomic E-state index is 13.1. The van der Waals surface area contributed by atoms with Crippen molar-refractivity contribution in [2.45, 2.75) is 6.92 Å². The number of hydrogen-bond acceptors (Lipinski definition) is 7. The third kappa shape index (κ3) is 4.89. The van der Waals surface area contributed by atoms with Crippen LogP contribution in [0.4, 0.5) is 11.6 Å². The maximum Gasteiger partial charge on any atom is 0.320 e. The lowest BCUT2D eigenvalue weighted by Gasteiger charge is -2.18.